The molecular formula is C26H27ClN4O. The molecule has 4 aromatic rings. The predicted molar refractivity (Wildman–Crippen MR) is 131 cm³/mol. The summed E-state index contributed by atoms with van der Waals surface area (Å²) in [5.74, 6) is 0.948. The van der Waals surface area contributed by atoms with Crippen LogP contribution in [0.3, 0.4) is 0 Å². The van der Waals surface area contributed by atoms with Gasteiger partial charge in [0.1, 0.15) is 12.1 Å². The molecule has 1 fully saturated rings. The van der Waals surface area contributed by atoms with Crippen LogP contribution in [0.4, 0.5) is 5.82 Å². The van der Waals surface area contributed by atoms with E-state index in [2.05, 4.69) is 46.0 Å². The summed E-state index contributed by atoms with van der Waals surface area (Å²) in [5.41, 5.74) is 5.11. The molecule has 0 amide bonds. The van der Waals surface area contributed by atoms with Gasteiger partial charge in [-0.05, 0) is 55.9 Å². The second-order valence-corrected chi connectivity index (χ2v) is 8.87. The fourth-order valence-corrected chi connectivity index (χ4v) is 4.93. The highest BCUT2D eigenvalue weighted by atomic mass is 35.5. The average molecular weight is 447 g/mol. The van der Waals surface area contributed by atoms with E-state index in [1.807, 2.05) is 25.1 Å². The fourth-order valence-electron chi connectivity index (χ4n) is 4.76. The third-order valence-electron chi connectivity index (χ3n) is 6.44. The van der Waals surface area contributed by atoms with Gasteiger partial charge in [0, 0.05) is 41.7 Å². The topological polar surface area (TPSA) is 54.2 Å². The number of rotatable bonds is 5. The number of hydrogen-bond acceptors (Lipinski definition) is 4. The van der Waals surface area contributed by atoms with E-state index < -0.39 is 0 Å². The maximum atomic E-state index is 9.65. The number of aryl methyl sites for hydroxylation is 1. The number of fused-ring (bicyclic) bond motifs is 1. The Morgan fingerprint density at radius 3 is 2.72 bits per heavy atom. The molecule has 0 bridgehead atoms. The van der Waals surface area contributed by atoms with Crippen LogP contribution in [0.25, 0.3) is 27.8 Å². The summed E-state index contributed by atoms with van der Waals surface area (Å²) in [6.45, 7) is 3.13. The Hall–Kier alpha value is -2.89. The lowest BCUT2D eigenvalue weighted by atomic mass is 9.98. The Bertz CT molecular complexity index is 1240. The summed E-state index contributed by atoms with van der Waals surface area (Å²) in [4.78, 5) is 11.9. The SMILES string of the molecule is Cc1ccc(-n2cc(-c3ccccc3)c3c(N4CCCCC4CCO)ncnc32)cc1Cl. The van der Waals surface area contributed by atoms with Crippen molar-refractivity contribution >= 4 is 28.5 Å². The molecule has 0 saturated carbocycles. The lowest BCUT2D eigenvalue weighted by Gasteiger charge is -2.37. The molecule has 1 atom stereocenters. The van der Waals surface area contributed by atoms with E-state index in [9.17, 15) is 5.11 Å². The van der Waals surface area contributed by atoms with Gasteiger partial charge in [-0.2, -0.15) is 0 Å². The molecule has 1 aliphatic heterocycles. The minimum Gasteiger partial charge on any atom is -0.396 e. The monoisotopic (exact) mass is 446 g/mol. The zero-order chi connectivity index (χ0) is 22.1. The number of aromatic nitrogens is 3. The maximum absolute atomic E-state index is 9.65. The van der Waals surface area contributed by atoms with E-state index >= 15 is 0 Å². The summed E-state index contributed by atoms with van der Waals surface area (Å²) in [7, 11) is 0. The van der Waals surface area contributed by atoms with Crippen molar-refractivity contribution in [2.45, 2.75) is 38.6 Å². The standard InChI is InChI=1S/C26H27ClN4O/c1-18-10-11-21(15-23(18)27)31-16-22(19-7-3-2-4-8-19)24-25(28-17-29-26(24)31)30-13-6-5-9-20(30)12-14-32/h2-4,7-8,10-11,15-17,20,32H,5-6,9,12-14H2,1H3. The molecule has 32 heavy (non-hydrogen) atoms. The van der Waals surface area contributed by atoms with Crippen molar-refractivity contribution in [1.29, 1.82) is 0 Å². The van der Waals surface area contributed by atoms with E-state index in [-0.39, 0.29) is 12.6 Å². The molecule has 6 heteroatoms. The molecule has 0 radical (unpaired) electrons. The maximum Gasteiger partial charge on any atom is 0.150 e. The number of hydrogen-bond donors (Lipinski definition) is 1. The fraction of sp³-hybridized carbons (Fsp3) is 0.308. The lowest BCUT2D eigenvalue weighted by Crippen LogP contribution is -2.40. The number of piperidine rings is 1. The highest BCUT2D eigenvalue weighted by Gasteiger charge is 2.27. The Balaban J connectivity index is 1.76. The van der Waals surface area contributed by atoms with Crippen molar-refractivity contribution in [2.24, 2.45) is 0 Å². The summed E-state index contributed by atoms with van der Waals surface area (Å²) in [6, 6.07) is 16.8. The quantitative estimate of drug-likeness (QED) is 0.421. The largest absolute Gasteiger partial charge is 0.396 e. The Kier molecular flexibility index (Phi) is 5.85. The number of aliphatic hydroxyl groups excluding tert-OH is 1. The molecule has 5 rings (SSSR count). The molecule has 3 heterocycles. The molecule has 1 N–H and O–H groups in total. The first-order chi connectivity index (χ1) is 15.7. The molecule has 2 aromatic heterocycles. The summed E-state index contributed by atoms with van der Waals surface area (Å²) in [5, 5.41) is 11.4. The number of halogens is 1. The third-order valence-corrected chi connectivity index (χ3v) is 6.85. The zero-order valence-corrected chi connectivity index (χ0v) is 19.0. The van der Waals surface area contributed by atoms with Crippen LogP contribution in [-0.4, -0.2) is 38.8 Å². The van der Waals surface area contributed by atoms with E-state index in [0.29, 0.717) is 0 Å². The van der Waals surface area contributed by atoms with Crippen molar-refractivity contribution in [3.8, 4) is 16.8 Å². The van der Waals surface area contributed by atoms with Gasteiger partial charge in [0.05, 0.1) is 5.39 Å². The van der Waals surface area contributed by atoms with Gasteiger partial charge in [-0.3, -0.25) is 0 Å². The van der Waals surface area contributed by atoms with E-state index in [4.69, 9.17) is 21.6 Å². The van der Waals surface area contributed by atoms with Crippen molar-refractivity contribution in [3.05, 3.63) is 71.6 Å². The van der Waals surface area contributed by atoms with Crippen LogP contribution in [0.1, 0.15) is 31.2 Å². The van der Waals surface area contributed by atoms with Crippen LogP contribution in [-0.2, 0) is 0 Å². The predicted octanol–water partition coefficient (Wildman–Crippen LogP) is 5.79. The summed E-state index contributed by atoms with van der Waals surface area (Å²) in [6.07, 6.45) is 7.93. The Labute approximate surface area is 193 Å². The average Bonchev–Trinajstić information content (AvgIpc) is 3.22. The smallest absolute Gasteiger partial charge is 0.150 e. The van der Waals surface area contributed by atoms with Crippen LogP contribution in [0.15, 0.2) is 61.1 Å². The van der Waals surface area contributed by atoms with E-state index in [1.165, 1.54) is 6.42 Å². The number of benzene rings is 2. The third kappa shape index (κ3) is 3.76. The van der Waals surface area contributed by atoms with Gasteiger partial charge < -0.3 is 14.6 Å². The van der Waals surface area contributed by atoms with Gasteiger partial charge in [-0.15, -0.1) is 0 Å². The molecule has 1 saturated heterocycles. The van der Waals surface area contributed by atoms with Crippen LogP contribution >= 0.6 is 11.6 Å². The number of aliphatic hydroxyl groups is 1. The van der Waals surface area contributed by atoms with Crippen LogP contribution < -0.4 is 4.90 Å². The zero-order valence-electron chi connectivity index (χ0n) is 18.2. The summed E-state index contributed by atoms with van der Waals surface area (Å²) < 4.78 is 2.11. The molecule has 0 spiro atoms. The van der Waals surface area contributed by atoms with Gasteiger partial charge in [0.15, 0.2) is 5.65 Å². The molecule has 1 unspecified atom stereocenters. The number of nitrogens with zero attached hydrogens (tertiary/aromatic N) is 4. The first kappa shape index (κ1) is 21.0. The molecule has 2 aromatic carbocycles. The molecule has 0 aliphatic carbocycles. The van der Waals surface area contributed by atoms with E-state index in [1.54, 1.807) is 6.33 Å². The highest BCUT2D eigenvalue weighted by Crippen LogP contribution is 2.39. The molecule has 1 aliphatic rings. The van der Waals surface area contributed by atoms with Gasteiger partial charge in [0.2, 0.25) is 0 Å². The van der Waals surface area contributed by atoms with Gasteiger partial charge >= 0.3 is 0 Å². The molecular weight excluding hydrogens is 420 g/mol. The van der Waals surface area contributed by atoms with E-state index in [0.717, 1.165) is 70.1 Å². The minimum absolute atomic E-state index is 0.184. The van der Waals surface area contributed by atoms with Crippen molar-refractivity contribution < 1.29 is 5.11 Å². The second kappa shape index (κ2) is 8.93. The van der Waals surface area contributed by atoms with Crippen LogP contribution in [0.2, 0.25) is 5.02 Å². The number of anilines is 1. The second-order valence-electron chi connectivity index (χ2n) is 8.46. The molecule has 5 nitrogen and oxygen atoms in total. The molecule has 164 valence electrons. The van der Waals surface area contributed by atoms with Crippen LogP contribution in [0.5, 0.6) is 0 Å². The van der Waals surface area contributed by atoms with Gasteiger partial charge in [0.25, 0.3) is 0 Å². The van der Waals surface area contributed by atoms with Gasteiger partial charge in [-0.1, -0.05) is 48.0 Å². The van der Waals surface area contributed by atoms with Crippen molar-refractivity contribution in [2.75, 3.05) is 18.1 Å². The van der Waals surface area contributed by atoms with Crippen molar-refractivity contribution in [3.63, 3.8) is 0 Å². The minimum atomic E-state index is 0.184. The lowest BCUT2D eigenvalue weighted by molar-refractivity contribution is 0.262. The first-order valence-corrected chi connectivity index (χ1v) is 11.6. The van der Waals surface area contributed by atoms with Gasteiger partial charge in [-0.25, -0.2) is 9.97 Å². The Morgan fingerprint density at radius 2 is 1.94 bits per heavy atom. The summed E-state index contributed by atoms with van der Waals surface area (Å²) >= 11 is 6.47. The van der Waals surface area contributed by atoms with Crippen molar-refractivity contribution in [1.82, 2.24) is 14.5 Å². The first-order valence-electron chi connectivity index (χ1n) is 11.2. The van der Waals surface area contributed by atoms with Crippen LogP contribution in [0, 0.1) is 6.92 Å². The normalized spacial score (nSPS) is 16.6. The Morgan fingerprint density at radius 1 is 1.09 bits per heavy atom. The highest BCUT2D eigenvalue weighted by molar-refractivity contribution is 6.31.